The molecule has 0 atom stereocenters. The summed E-state index contributed by atoms with van der Waals surface area (Å²) in [6.07, 6.45) is 5.63. The molecule has 0 aromatic heterocycles. The van der Waals surface area contributed by atoms with Gasteiger partial charge < -0.3 is 5.73 Å². The van der Waals surface area contributed by atoms with Crippen LogP contribution in [0.5, 0.6) is 0 Å². The van der Waals surface area contributed by atoms with E-state index in [0.717, 1.165) is 31.7 Å². The average Bonchev–Trinajstić information content (AvgIpc) is 2.48. The summed E-state index contributed by atoms with van der Waals surface area (Å²) in [7, 11) is -3.83. The zero-order chi connectivity index (χ0) is 15.5. The second-order valence-electron chi connectivity index (χ2n) is 5.30. The van der Waals surface area contributed by atoms with Crippen LogP contribution < -0.4 is 10.5 Å². The van der Waals surface area contributed by atoms with Crippen LogP contribution in [-0.2, 0) is 16.6 Å². The first-order valence-electron chi connectivity index (χ1n) is 7.00. The first-order chi connectivity index (χ1) is 9.96. The minimum Gasteiger partial charge on any atom is -0.326 e. The topological polar surface area (TPSA) is 72.2 Å². The van der Waals surface area contributed by atoms with Crippen LogP contribution in [0.15, 0.2) is 23.1 Å². The average molecular weight is 332 g/mol. The van der Waals surface area contributed by atoms with E-state index < -0.39 is 15.8 Å². The Morgan fingerprint density at radius 2 is 2.00 bits per heavy atom. The fourth-order valence-corrected chi connectivity index (χ4v) is 4.76. The van der Waals surface area contributed by atoms with Crippen molar-refractivity contribution in [1.29, 1.82) is 0 Å². The summed E-state index contributed by atoms with van der Waals surface area (Å²) in [5.41, 5.74) is 6.09. The van der Waals surface area contributed by atoms with E-state index in [1.54, 1.807) is 0 Å². The molecule has 21 heavy (non-hydrogen) atoms. The molecule has 1 fully saturated rings. The van der Waals surface area contributed by atoms with Gasteiger partial charge in [-0.15, -0.1) is 0 Å². The molecular formula is C14H21FN2O2S2. The van der Waals surface area contributed by atoms with E-state index in [0.29, 0.717) is 10.8 Å². The van der Waals surface area contributed by atoms with Gasteiger partial charge in [0, 0.05) is 17.8 Å². The summed E-state index contributed by atoms with van der Waals surface area (Å²) in [5, 5.41) is 0.600. The Bertz CT molecular complexity index is 585. The van der Waals surface area contributed by atoms with Crippen molar-refractivity contribution >= 4 is 21.8 Å². The number of halogens is 1. The number of benzene rings is 1. The molecule has 0 spiro atoms. The monoisotopic (exact) mass is 332 g/mol. The molecule has 2 rings (SSSR count). The van der Waals surface area contributed by atoms with E-state index in [1.165, 1.54) is 12.1 Å². The molecule has 1 saturated carbocycles. The smallest absolute Gasteiger partial charge is 0.243 e. The van der Waals surface area contributed by atoms with Gasteiger partial charge in [-0.2, -0.15) is 11.8 Å². The Labute approximate surface area is 129 Å². The van der Waals surface area contributed by atoms with Gasteiger partial charge in [-0.3, -0.25) is 0 Å². The molecule has 0 bridgehead atoms. The Kier molecular flexibility index (Phi) is 5.65. The molecule has 118 valence electrons. The molecule has 1 aliphatic carbocycles. The molecule has 1 aromatic rings. The van der Waals surface area contributed by atoms with Crippen molar-refractivity contribution in [1.82, 2.24) is 4.72 Å². The first-order valence-corrected chi connectivity index (χ1v) is 9.77. The van der Waals surface area contributed by atoms with Crippen molar-refractivity contribution in [2.24, 2.45) is 5.73 Å². The van der Waals surface area contributed by atoms with Crippen LogP contribution in [0.25, 0.3) is 0 Å². The van der Waals surface area contributed by atoms with E-state index >= 15 is 0 Å². The van der Waals surface area contributed by atoms with Crippen LogP contribution in [0, 0.1) is 5.82 Å². The number of thioether (sulfide) groups is 1. The predicted octanol–water partition coefficient (Wildman–Crippen LogP) is 2.24. The van der Waals surface area contributed by atoms with Crippen molar-refractivity contribution in [3.05, 3.63) is 29.6 Å². The fraction of sp³-hybridized carbons (Fsp3) is 0.571. The van der Waals surface area contributed by atoms with Crippen LogP contribution in [-0.4, -0.2) is 26.0 Å². The second-order valence-corrected chi connectivity index (χ2v) is 8.12. The zero-order valence-electron chi connectivity index (χ0n) is 12.0. The SMILES string of the molecule is CSC1CCC(NS(=O)(=O)c2cc(CN)ccc2F)CC1. The lowest BCUT2D eigenvalue weighted by molar-refractivity contribution is 0.419. The highest BCUT2D eigenvalue weighted by atomic mass is 32.2. The van der Waals surface area contributed by atoms with Crippen LogP contribution in [0.2, 0.25) is 0 Å². The lowest BCUT2D eigenvalue weighted by Gasteiger charge is -2.27. The maximum absolute atomic E-state index is 13.8. The molecule has 0 radical (unpaired) electrons. The van der Waals surface area contributed by atoms with Gasteiger partial charge in [0.15, 0.2) is 0 Å². The molecule has 0 amide bonds. The van der Waals surface area contributed by atoms with E-state index in [-0.39, 0.29) is 17.5 Å². The normalized spacial score (nSPS) is 23.2. The summed E-state index contributed by atoms with van der Waals surface area (Å²) < 4.78 is 41.1. The number of rotatable bonds is 5. The molecule has 1 aromatic carbocycles. The summed E-state index contributed by atoms with van der Waals surface area (Å²) in [6.45, 7) is 0.182. The molecular weight excluding hydrogens is 311 g/mol. The largest absolute Gasteiger partial charge is 0.326 e. The summed E-state index contributed by atoms with van der Waals surface area (Å²) >= 11 is 1.82. The van der Waals surface area contributed by atoms with E-state index in [1.807, 2.05) is 11.8 Å². The molecule has 0 unspecified atom stereocenters. The second kappa shape index (κ2) is 7.09. The van der Waals surface area contributed by atoms with E-state index in [9.17, 15) is 12.8 Å². The summed E-state index contributed by atoms with van der Waals surface area (Å²) in [4.78, 5) is -0.308. The Hall–Kier alpha value is -0.630. The summed E-state index contributed by atoms with van der Waals surface area (Å²) in [5.74, 6) is -0.738. The van der Waals surface area contributed by atoms with Crippen molar-refractivity contribution in [2.75, 3.05) is 6.26 Å². The molecule has 4 nitrogen and oxygen atoms in total. The zero-order valence-corrected chi connectivity index (χ0v) is 13.6. The van der Waals surface area contributed by atoms with Gasteiger partial charge >= 0.3 is 0 Å². The third-order valence-electron chi connectivity index (χ3n) is 3.85. The molecule has 0 aliphatic heterocycles. The fourth-order valence-electron chi connectivity index (χ4n) is 2.58. The van der Waals surface area contributed by atoms with Gasteiger partial charge in [0.25, 0.3) is 0 Å². The molecule has 7 heteroatoms. The Morgan fingerprint density at radius 1 is 1.33 bits per heavy atom. The first kappa shape index (κ1) is 16.7. The van der Waals surface area contributed by atoms with Crippen LogP contribution in [0.4, 0.5) is 4.39 Å². The highest BCUT2D eigenvalue weighted by Gasteiger charge is 2.27. The highest BCUT2D eigenvalue weighted by molar-refractivity contribution is 7.99. The standard InChI is InChI=1S/C14H21FN2O2S2/c1-20-12-5-3-11(4-6-12)17-21(18,19)14-8-10(9-16)2-7-13(14)15/h2,7-8,11-12,17H,3-6,9,16H2,1H3. The van der Waals surface area contributed by atoms with Crippen LogP contribution in [0.1, 0.15) is 31.2 Å². The minimum atomic E-state index is -3.83. The summed E-state index contributed by atoms with van der Waals surface area (Å²) in [6, 6.07) is 3.85. The third-order valence-corrected chi connectivity index (χ3v) is 6.52. The number of hydrogen-bond acceptors (Lipinski definition) is 4. The molecule has 3 N–H and O–H groups in total. The number of nitrogens with one attached hydrogen (secondary N) is 1. The van der Waals surface area contributed by atoms with Gasteiger partial charge in [-0.05, 0) is 49.6 Å². The van der Waals surface area contributed by atoms with Gasteiger partial charge in [0.2, 0.25) is 10.0 Å². The van der Waals surface area contributed by atoms with Crippen molar-refractivity contribution in [3.63, 3.8) is 0 Å². The lowest BCUT2D eigenvalue weighted by Crippen LogP contribution is -2.38. The van der Waals surface area contributed by atoms with Crippen LogP contribution in [0.3, 0.4) is 0 Å². The van der Waals surface area contributed by atoms with E-state index in [2.05, 4.69) is 11.0 Å². The number of sulfonamides is 1. The number of hydrogen-bond donors (Lipinski definition) is 2. The molecule has 0 saturated heterocycles. The van der Waals surface area contributed by atoms with Crippen molar-refractivity contribution < 1.29 is 12.8 Å². The minimum absolute atomic E-state index is 0.112. The van der Waals surface area contributed by atoms with Gasteiger partial charge in [0.05, 0.1) is 0 Å². The Morgan fingerprint density at radius 3 is 2.57 bits per heavy atom. The van der Waals surface area contributed by atoms with E-state index in [4.69, 9.17) is 5.73 Å². The Balaban J connectivity index is 2.12. The van der Waals surface area contributed by atoms with Gasteiger partial charge in [-0.1, -0.05) is 6.07 Å². The van der Waals surface area contributed by atoms with Crippen molar-refractivity contribution in [3.8, 4) is 0 Å². The lowest BCUT2D eigenvalue weighted by atomic mass is 9.96. The molecule has 1 aliphatic rings. The maximum atomic E-state index is 13.8. The van der Waals surface area contributed by atoms with Crippen LogP contribution >= 0.6 is 11.8 Å². The van der Waals surface area contributed by atoms with Gasteiger partial charge in [-0.25, -0.2) is 17.5 Å². The quantitative estimate of drug-likeness (QED) is 0.867. The maximum Gasteiger partial charge on any atom is 0.243 e. The predicted molar refractivity (Wildman–Crippen MR) is 84.2 cm³/mol. The van der Waals surface area contributed by atoms with Gasteiger partial charge in [0.1, 0.15) is 10.7 Å². The number of nitrogens with two attached hydrogens (primary N) is 1. The highest BCUT2D eigenvalue weighted by Crippen LogP contribution is 2.28. The molecule has 0 heterocycles. The third kappa shape index (κ3) is 4.18. The van der Waals surface area contributed by atoms with Crippen molar-refractivity contribution in [2.45, 2.75) is 48.4 Å².